The number of anilines is 1. The van der Waals surface area contributed by atoms with Crippen LogP contribution in [0.1, 0.15) is 26.1 Å². The van der Waals surface area contributed by atoms with Gasteiger partial charge >= 0.3 is 5.91 Å². The first kappa shape index (κ1) is 26.1. The van der Waals surface area contributed by atoms with Crippen LogP contribution in [0.3, 0.4) is 0 Å². The number of rotatable bonds is 9. The minimum Gasteiger partial charge on any atom is -0.441 e. The van der Waals surface area contributed by atoms with E-state index in [4.69, 9.17) is 20.5 Å². The van der Waals surface area contributed by atoms with E-state index in [2.05, 4.69) is 25.5 Å². The number of aromatic nitrogens is 6. The van der Waals surface area contributed by atoms with Crippen molar-refractivity contribution in [2.24, 2.45) is 0 Å². The molecule has 6 heterocycles. The van der Waals surface area contributed by atoms with Crippen molar-refractivity contribution in [1.29, 1.82) is 0 Å². The molecule has 0 fully saturated rings. The average molecular weight is 588 g/mol. The van der Waals surface area contributed by atoms with E-state index >= 15 is 0 Å². The molecular formula is C27H18ClN7O5S. The van der Waals surface area contributed by atoms with E-state index in [1.54, 1.807) is 36.7 Å². The first-order valence-electron chi connectivity index (χ1n) is 12.1. The Labute approximate surface area is 239 Å². The molecule has 204 valence electrons. The third-order valence-electron chi connectivity index (χ3n) is 6.00. The van der Waals surface area contributed by atoms with Crippen molar-refractivity contribution >= 4 is 40.4 Å². The highest BCUT2D eigenvalue weighted by Crippen LogP contribution is 2.32. The van der Waals surface area contributed by atoms with Gasteiger partial charge in [0.25, 0.3) is 11.4 Å². The van der Waals surface area contributed by atoms with Gasteiger partial charge in [-0.1, -0.05) is 22.8 Å². The molecule has 0 aliphatic heterocycles. The van der Waals surface area contributed by atoms with Crippen LogP contribution < -0.4 is 10.9 Å². The summed E-state index contributed by atoms with van der Waals surface area (Å²) in [6.45, 7) is 0.0778. The van der Waals surface area contributed by atoms with Crippen LogP contribution in [0, 0.1) is 0 Å². The number of nitrogens with one attached hydrogen (secondary N) is 1. The van der Waals surface area contributed by atoms with Crippen LogP contribution in [0.4, 0.5) is 5.82 Å². The van der Waals surface area contributed by atoms with Gasteiger partial charge in [0.2, 0.25) is 5.78 Å². The monoisotopic (exact) mass is 587 g/mol. The van der Waals surface area contributed by atoms with E-state index in [-0.39, 0.29) is 18.1 Å². The average Bonchev–Trinajstić information content (AvgIpc) is 3.80. The summed E-state index contributed by atoms with van der Waals surface area (Å²) < 4.78 is 13.0. The van der Waals surface area contributed by atoms with Crippen LogP contribution in [0.5, 0.6) is 0 Å². The second kappa shape index (κ2) is 11.2. The smallest absolute Gasteiger partial charge is 0.335 e. The van der Waals surface area contributed by atoms with Gasteiger partial charge in [0.15, 0.2) is 5.69 Å². The minimum atomic E-state index is -0.606. The van der Waals surface area contributed by atoms with Crippen molar-refractivity contribution < 1.29 is 18.5 Å². The fourth-order valence-electron chi connectivity index (χ4n) is 4.09. The maximum absolute atomic E-state index is 13.3. The maximum Gasteiger partial charge on any atom is 0.335 e. The highest BCUT2D eigenvalue weighted by Gasteiger charge is 2.23. The van der Waals surface area contributed by atoms with Gasteiger partial charge in [0.1, 0.15) is 18.3 Å². The van der Waals surface area contributed by atoms with E-state index in [1.165, 1.54) is 53.0 Å². The van der Waals surface area contributed by atoms with E-state index in [1.807, 2.05) is 6.07 Å². The van der Waals surface area contributed by atoms with Gasteiger partial charge < -0.3 is 18.8 Å². The van der Waals surface area contributed by atoms with Crippen LogP contribution >= 0.6 is 22.9 Å². The van der Waals surface area contributed by atoms with E-state index < -0.39 is 17.2 Å². The Hall–Kier alpha value is -5.14. The lowest BCUT2D eigenvalue weighted by Gasteiger charge is -2.11. The number of hydrogen-bond donors (Lipinski definition) is 1. The van der Waals surface area contributed by atoms with Crippen molar-refractivity contribution in [2.75, 3.05) is 5.32 Å². The zero-order valence-corrected chi connectivity index (χ0v) is 22.5. The van der Waals surface area contributed by atoms with E-state index in [0.29, 0.717) is 39.1 Å². The molecule has 0 saturated heterocycles. The zero-order valence-electron chi connectivity index (χ0n) is 20.9. The molecule has 41 heavy (non-hydrogen) atoms. The number of nitrogens with zero attached hydrogens (tertiary/aromatic N) is 6. The van der Waals surface area contributed by atoms with Gasteiger partial charge in [-0.3, -0.25) is 19.4 Å². The number of hydrogen-bond acceptors (Lipinski definition) is 11. The van der Waals surface area contributed by atoms with Crippen molar-refractivity contribution in [3.05, 3.63) is 111 Å². The van der Waals surface area contributed by atoms with Gasteiger partial charge in [-0.2, -0.15) is 9.78 Å². The molecule has 6 rings (SSSR count). The summed E-state index contributed by atoms with van der Waals surface area (Å²) in [6, 6.07) is 11.7. The molecule has 6 aromatic rings. The third-order valence-corrected chi connectivity index (χ3v) is 7.23. The number of oxazole rings is 1. The SMILES string of the molecule is O=C(Cn1cc(-c2cc(NCc3ccc(Cl)s3)n(C(=O)c3ncco3)n2)c(-c2cccnc2)cc1=O)c1ccon1. The molecule has 0 atom stereocenters. The summed E-state index contributed by atoms with van der Waals surface area (Å²) in [5.41, 5.74) is 1.65. The summed E-state index contributed by atoms with van der Waals surface area (Å²) >= 11 is 7.48. The number of halogens is 1. The summed E-state index contributed by atoms with van der Waals surface area (Å²) in [6.07, 6.45) is 8.68. The lowest BCUT2D eigenvalue weighted by atomic mass is 10.0. The molecule has 0 radical (unpaired) electrons. The van der Waals surface area contributed by atoms with Crippen molar-refractivity contribution in [2.45, 2.75) is 13.1 Å². The third kappa shape index (κ3) is 5.48. The van der Waals surface area contributed by atoms with Gasteiger partial charge in [-0.25, -0.2) is 4.98 Å². The number of carbonyl (C=O) groups excluding carboxylic acids is 2. The molecule has 0 aliphatic rings. The molecule has 1 N–H and O–H groups in total. The Morgan fingerprint density at radius 1 is 1.07 bits per heavy atom. The molecule has 0 bridgehead atoms. The fraction of sp³-hybridized carbons (Fsp3) is 0.0741. The molecule has 0 aromatic carbocycles. The van der Waals surface area contributed by atoms with Crippen LogP contribution in [-0.4, -0.2) is 41.2 Å². The topological polar surface area (TPSA) is 151 Å². The zero-order chi connectivity index (χ0) is 28.3. The van der Waals surface area contributed by atoms with Gasteiger partial charge in [0, 0.05) is 52.8 Å². The fourth-order valence-corrected chi connectivity index (χ4v) is 5.12. The number of Topliss-reactive ketones (excluding diaryl/α,β-unsaturated/α-hetero) is 1. The Kier molecular flexibility index (Phi) is 7.10. The molecule has 6 aromatic heterocycles. The first-order valence-corrected chi connectivity index (χ1v) is 13.3. The Bertz CT molecular complexity index is 1890. The molecule has 12 nitrogen and oxygen atoms in total. The molecule has 0 aliphatic carbocycles. The standard InChI is InChI=1S/C27H18ClN7O5S/c28-23-4-3-17(41-23)13-31-24-11-21(32-35(24)27(38)26-30-7-9-39-26)19-14-34(15-22(36)20-5-8-40-33-20)25(37)10-18(19)16-2-1-6-29-12-16/h1-12,14,31H,13,15H2. The lowest BCUT2D eigenvalue weighted by molar-refractivity contribution is 0.0912. The maximum atomic E-state index is 13.3. The molecular weight excluding hydrogens is 570 g/mol. The molecule has 0 saturated carbocycles. The minimum absolute atomic E-state index is 0.0933. The normalized spacial score (nSPS) is 11.0. The van der Waals surface area contributed by atoms with Gasteiger partial charge in [-0.05, 0) is 23.8 Å². The second-order valence-corrected chi connectivity index (χ2v) is 10.4. The highest BCUT2D eigenvalue weighted by atomic mass is 35.5. The summed E-state index contributed by atoms with van der Waals surface area (Å²) in [5.74, 6) is -0.827. The molecule has 0 unspecified atom stereocenters. The quantitative estimate of drug-likeness (QED) is 0.237. The summed E-state index contributed by atoms with van der Waals surface area (Å²) in [7, 11) is 0. The predicted octanol–water partition coefficient (Wildman–Crippen LogP) is 4.65. The van der Waals surface area contributed by atoms with Crippen LogP contribution in [-0.2, 0) is 13.1 Å². The number of pyridine rings is 2. The van der Waals surface area contributed by atoms with Crippen molar-refractivity contribution in [1.82, 2.24) is 29.5 Å². The van der Waals surface area contributed by atoms with Crippen LogP contribution in [0.2, 0.25) is 4.34 Å². The number of thiophene rings is 1. The van der Waals surface area contributed by atoms with Crippen molar-refractivity contribution in [3.63, 3.8) is 0 Å². The molecule has 0 spiro atoms. The Balaban J connectivity index is 1.46. The molecule has 0 amide bonds. The van der Waals surface area contributed by atoms with Crippen LogP contribution in [0.15, 0.2) is 93.5 Å². The summed E-state index contributed by atoms with van der Waals surface area (Å²) in [4.78, 5) is 48.2. The number of carbonyl (C=O) groups is 2. The van der Waals surface area contributed by atoms with Crippen LogP contribution in [0.25, 0.3) is 22.4 Å². The van der Waals surface area contributed by atoms with E-state index in [9.17, 15) is 14.4 Å². The highest BCUT2D eigenvalue weighted by molar-refractivity contribution is 7.16. The summed E-state index contributed by atoms with van der Waals surface area (Å²) in [5, 5.41) is 11.5. The Morgan fingerprint density at radius 3 is 2.68 bits per heavy atom. The van der Waals surface area contributed by atoms with Gasteiger partial charge in [0.05, 0.1) is 29.3 Å². The first-order chi connectivity index (χ1) is 20.0. The van der Waals surface area contributed by atoms with Crippen molar-refractivity contribution in [3.8, 4) is 22.4 Å². The van der Waals surface area contributed by atoms with Gasteiger partial charge in [-0.15, -0.1) is 11.3 Å². The lowest BCUT2D eigenvalue weighted by Crippen LogP contribution is -2.24. The second-order valence-electron chi connectivity index (χ2n) is 8.64. The largest absolute Gasteiger partial charge is 0.441 e. The predicted molar refractivity (Wildman–Crippen MR) is 149 cm³/mol. The van der Waals surface area contributed by atoms with E-state index in [0.717, 1.165) is 9.56 Å². The number of ketones is 1. The molecule has 14 heteroatoms. The Morgan fingerprint density at radius 2 is 1.98 bits per heavy atom.